The molecule has 4 N–H and O–H groups in total. The first kappa shape index (κ1) is 46.2. The number of allylic oxidation sites excluding steroid dienone is 1. The fraction of sp³-hybridized carbons (Fsp3) is 0.660. The predicted octanol–water partition coefficient (Wildman–Crippen LogP) is 9.04. The molecule has 354 valence electrons. The molecule has 5 fully saturated rings. The number of benzene rings is 1. The third kappa shape index (κ3) is 6.72. The van der Waals surface area contributed by atoms with Crippen molar-refractivity contribution < 1.29 is 33.8 Å². The zero-order chi connectivity index (χ0) is 47.7. The maximum Gasteiger partial charge on any atom is 0.309 e. The van der Waals surface area contributed by atoms with E-state index in [9.17, 15) is 29.1 Å². The van der Waals surface area contributed by atoms with E-state index < -0.39 is 40.2 Å². The molecule has 0 unspecified atom stereocenters. The van der Waals surface area contributed by atoms with Gasteiger partial charge in [-0.3, -0.25) is 29.0 Å². The lowest BCUT2D eigenvalue weighted by Crippen LogP contribution is -2.68. The fourth-order valence-corrected chi connectivity index (χ4v) is 15.4. The zero-order valence-corrected chi connectivity index (χ0v) is 40.8. The van der Waals surface area contributed by atoms with Crippen LogP contribution in [-0.2, 0) is 23.9 Å². The second kappa shape index (κ2) is 15.3. The van der Waals surface area contributed by atoms with Crippen LogP contribution in [0.1, 0.15) is 151 Å². The molecular weight excluding hydrogens is 833 g/mol. The molecule has 0 spiro atoms. The number of nitrogens with zero attached hydrogens (tertiary/aromatic N) is 3. The van der Waals surface area contributed by atoms with Crippen LogP contribution in [0.4, 0.5) is 0 Å². The van der Waals surface area contributed by atoms with Crippen molar-refractivity contribution in [3.63, 3.8) is 0 Å². The maximum absolute atomic E-state index is 14.7. The molecular formula is C53H70N6O7. The van der Waals surface area contributed by atoms with E-state index in [-0.39, 0.29) is 63.7 Å². The number of amides is 2. The Morgan fingerprint density at radius 3 is 2.29 bits per heavy atom. The highest BCUT2D eigenvalue weighted by atomic mass is 16.5. The summed E-state index contributed by atoms with van der Waals surface area (Å²) in [4.78, 5) is 84.7. The molecule has 13 nitrogen and oxygen atoms in total. The highest BCUT2D eigenvalue weighted by molar-refractivity contribution is 6.04. The number of nitrogens with one attached hydrogen (secondary N) is 3. The predicted molar refractivity (Wildman–Crippen MR) is 249 cm³/mol. The average Bonchev–Trinajstić information content (AvgIpc) is 3.80. The van der Waals surface area contributed by atoms with Crippen molar-refractivity contribution >= 4 is 40.6 Å². The van der Waals surface area contributed by atoms with E-state index in [4.69, 9.17) is 4.74 Å². The number of hydrogen-bond donors (Lipinski definition) is 4. The largest absolute Gasteiger partial charge is 0.481 e. The normalized spacial score (nSPS) is 35.5. The molecule has 13 heteroatoms. The SMILES string of the molecule is CC(C)C1=C2[C@H]3CC[C@@H]4[C@@]5(C)CC[C@H](OC(=O)[C@H]6C[C@@H](C(=O)O)C6(C)C)C(C)(C)[C@@H]5CC[C@@]4(C)[C@]3(C)CC[C@@]2(NC(=O)C(C)(C)NC(=O)c2ccc3[nH]c(-c4cnccn4)nc3c2)CC1=O. The Hall–Kier alpha value is -4.94. The molecule has 2 heterocycles. The Kier molecular flexibility index (Phi) is 10.7. The van der Waals surface area contributed by atoms with E-state index in [0.717, 1.165) is 61.6 Å². The Balaban J connectivity index is 0.938. The van der Waals surface area contributed by atoms with Gasteiger partial charge in [0.1, 0.15) is 17.3 Å². The summed E-state index contributed by atoms with van der Waals surface area (Å²) in [6, 6.07) is 5.20. The van der Waals surface area contributed by atoms with Crippen molar-refractivity contribution in [2.24, 2.45) is 62.6 Å². The maximum atomic E-state index is 14.7. The minimum absolute atomic E-state index is 0.00380. The van der Waals surface area contributed by atoms with Crippen LogP contribution in [0.25, 0.3) is 22.6 Å². The van der Waals surface area contributed by atoms with Gasteiger partial charge in [0.05, 0.1) is 34.6 Å². The third-order valence-electron chi connectivity index (χ3n) is 19.4. The number of carbonyl (C=O) groups is 5. The topological polar surface area (TPSA) is 193 Å². The summed E-state index contributed by atoms with van der Waals surface area (Å²) in [6.07, 6.45) is 12.3. The Labute approximate surface area is 388 Å². The molecule has 9 rings (SSSR count). The molecule has 3 aromatic rings. The van der Waals surface area contributed by atoms with Crippen LogP contribution in [0.3, 0.4) is 0 Å². The fourth-order valence-electron chi connectivity index (χ4n) is 15.4. The van der Waals surface area contributed by atoms with Crippen molar-refractivity contribution in [2.45, 2.75) is 158 Å². The lowest BCUT2D eigenvalue weighted by Gasteiger charge is -2.72. The molecule has 0 radical (unpaired) electrons. The van der Waals surface area contributed by atoms with Gasteiger partial charge in [-0.2, -0.15) is 0 Å². The van der Waals surface area contributed by atoms with E-state index in [1.54, 1.807) is 50.6 Å². The van der Waals surface area contributed by atoms with E-state index in [2.05, 4.69) is 79.0 Å². The highest BCUT2D eigenvalue weighted by Crippen LogP contribution is 2.76. The molecule has 0 aliphatic heterocycles. The number of hydrogen-bond acceptors (Lipinski definition) is 9. The van der Waals surface area contributed by atoms with Crippen molar-refractivity contribution in [3.05, 3.63) is 53.5 Å². The van der Waals surface area contributed by atoms with Crippen LogP contribution in [0.15, 0.2) is 47.9 Å². The minimum atomic E-state index is -1.31. The smallest absolute Gasteiger partial charge is 0.309 e. The summed E-state index contributed by atoms with van der Waals surface area (Å²) in [5.41, 5.74) is 1.05. The van der Waals surface area contributed by atoms with Crippen LogP contribution >= 0.6 is 0 Å². The Morgan fingerprint density at radius 1 is 0.879 bits per heavy atom. The average molecular weight is 903 g/mol. The van der Waals surface area contributed by atoms with Gasteiger partial charge in [0.2, 0.25) is 5.91 Å². The lowest BCUT2D eigenvalue weighted by atomic mass is 9.33. The summed E-state index contributed by atoms with van der Waals surface area (Å²) < 4.78 is 6.43. The number of Topliss-reactive ketones (excluding diaryl/α,β-unsaturated/α-hetero) is 1. The van der Waals surface area contributed by atoms with Gasteiger partial charge in [-0.05, 0) is 146 Å². The third-order valence-corrected chi connectivity index (χ3v) is 19.4. The van der Waals surface area contributed by atoms with Gasteiger partial charge in [0.15, 0.2) is 11.6 Å². The number of imidazole rings is 1. The van der Waals surface area contributed by atoms with E-state index in [0.29, 0.717) is 47.3 Å². The van der Waals surface area contributed by atoms with Crippen LogP contribution in [-0.4, -0.2) is 71.8 Å². The molecule has 2 amide bonds. The molecule has 10 atom stereocenters. The molecule has 0 saturated heterocycles. The van der Waals surface area contributed by atoms with Crippen LogP contribution in [0.2, 0.25) is 0 Å². The number of fused-ring (bicyclic) bond motifs is 8. The minimum Gasteiger partial charge on any atom is -0.481 e. The van der Waals surface area contributed by atoms with Crippen molar-refractivity contribution in [1.29, 1.82) is 0 Å². The number of H-pyrrole nitrogens is 1. The summed E-state index contributed by atoms with van der Waals surface area (Å²) in [7, 11) is 0. The van der Waals surface area contributed by atoms with Crippen LogP contribution < -0.4 is 10.6 Å². The van der Waals surface area contributed by atoms with E-state index >= 15 is 0 Å². The standard InChI is InChI=1S/C53H70N6O7/c1-28(2)40-36(60)26-53(59-46(65)49(7,8)58-43(61)29-12-14-33-34(24-29)57-42(56-33)35-27-54-22-23-55-35)21-20-51(10)30(41(40)53)13-15-38-50(9)18-17-39(48(5,6)37(50)16-19-52(38,51)11)66-45(64)32-25-31(44(62)63)47(32,3)4/h12,14,22-24,27-28,30-32,37-39H,13,15-21,25-26H2,1-11H3,(H,56,57)(H,58,61)(H,59,65)(H,62,63)/t30-,31+,32-,37+,38-,39+,50+,51-,52-,53-/m1/s1. The number of esters is 1. The van der Waals surface area contributed by atoms with Crippen molar-refractivity contribution in [3.8, 4) is 11.5 Å². The van der Waals surface area contributed by atoms with Gasteiger partial charge in [-0.25, -0.2) is 9.97 Å². The molecule has 0 bridgehead atoms. The number of ketones is 1. The number of rotatable bonds is 9. The Morgan fingerprint density at radius 2 is 1.62 bits per heavy atom. The van der Waals surface area contributed by atoms with Crippen LogP contribution in [0.5, 0.6) is 0 Å². The lowest BCUT2D eigenvalue weighted by molar-refractivity contribution is -0.235. The van der Waals surface area contributed by atoms with Gasteiger partial charge >= 0.3 is 11.9 Å². The molecule has 66 heavy (non-hydrogen) atoms. The van der Waals surface area contributed by atoms with Gasteiger partial charge in [-0.1, -0.05) is 62.3 Å². The van der Waals surface area contributed by atoms with Crippen molar-refractivity contribution in [1.82, 2.24) is 30.6 Å². The summed E-state index contributed by atoms with van der Waals surface area (Å²) in [6.45, 7) is 23.5. The quantitative estimate of drug-likeness (QED) is 0.151. The van der Waals surface area contributed by atoms with Gasteiger partial charge in [-0.15, -0.1) is 0 Å². The molecule has 6 aliphatic carbocycles. The monoisotopic (exact) mass is 903 g/mol. The number of aromatic nitrogens is 4. The number of aromatic amines is 1. The van der Waals surface area contributed by atoms with Crippen molar-refractivity contribution in [2.75, 3.05) is 0 Å². The molecule has 5 saturated carbocycles. The Bertz CT molecular complexity index is 2560. The van der Waals surface area contributed by atoms with Crippen LogP contribution in [0, 0.1) is 62.6 Å². The number of carbonyl (C=O) groups excluding carboxylic acids is 4. The van der Waals surface area contributed by atoms with Gasteiger partial charge in [0, 0.05) is 29.8 Å². The first-order valence-electron chi connectivity index (χ1n) is 24.4. The first-order valence-corrected chi connectivity index (χ1v) is 24.4. The number of carboxylic acid groups (broad SMARTS) is 1. The van der Waals surface area contributed by atoms with E-state index in [1.165, 1.54) is 0 Å². The molecule has 6 aliphatic rings. The number of carboxylic acids is 1. The number of ether oxygens (including phenoxy) is 1. The second-order valence-electron chi connectivity index (χ2n) is 24.0. The van der Waals surface area contributed by atoms with E-state index in [1.807, 2.05) is 13.8 Å². The zero-order valence-electron chi connectivity index (χ0n) is 40.8. The van der Waals surface area contributed by atoms with Gasteiger partial charge < -0.3 is 25.5 Å². The number of aliphatic carboxylic acids is 1. The summed E-state index contributed by atoms with van der Waals surface area (Å²) in [5, 5.41) is 16.2. The molecule has 1 aromatic carbocycles. The molecule has 2 aromatic heterocycles. The second-order valence-corrected chi connectivity index (χ2v) is 24.0. The first-order chi connectivity index (χ1) is 30.8. The summed E-state index contributed by atoms with van der Waals surface area (Å²) in [5.74, 6) is -1.29. The van der Waals surface area contributed by atoms with Gasteiger partial charge in [0.25, 0.3) is 5.91 Å². The summed E-state index contributed by atoms with van der Waals surface area (Å²) >= 11 is 0. The highest BCUT2D eigenvalue weighted by Gasteiger charge is 2.71.